The Morgan fingerprint density at radius 3 is 2.60 bits per heavy atom. The van der Waals surface area contributed by atoms with Crippen LogP contribution < -0.4 is 0 Å². The summed E-state index contributed by atoms with van der Waals surface area (Å²) in [5.74, 6) is -1.66. The van der Waals surface area contributed by atoms with Crippen LogP contribution in [0.25, 0.3) is 0 Å². The van der Waals surface area contributed by atoms with E-state index in [4.69, 9.17) is 9.47 Å². The molecule has 0 aromatic rings. The molecule has 0 spiro atoms. The van der Waals surface area contributed by atoms with Crippen LogP contribution in [-0.4, -0.2) is 23.7 Å². The van der Waals surface area contributed by atoms with Gasteiger partial charge < -0.3 is 14.6 Å². The number of unbranched alkanes of at least 4 members (excludes halogenated alkanes) is 4. The Kier molecular flexibility index (Phi) is 6.84. The molecular weight excluding hydrogens is 260 g/mol. The third-order valence-corrected chi connectivity index (χ3v) is 3.05. The summed E-state index contributed by atoms with van der Waals surface area (Å²) in [6, 6.07) is 0. The number of ether oxygens (including phenoxy) is 2. The molecule has 20 heavy (non-hydrogen) atoms. The van der Waals surface area contributed by atoms with E-state index in [1.165, 1.54) is 6.42 Å². The van der Waals surface area contributed by atoms with Crippen LogP contribution in [0.1, 0.15) is 52.4 Å². The van der Waals surface area contributed by atoms with Gasteiger partial charge in [-0.3, -0.25) is 0 Å². The first-order valence-electron chi connectivity index (χ1n) is 7.13. The maximum absolute atomic E-state index is 11.4. The lowest BCUT2D eigenvalue weighted by atomic mass is 10.0. The summed E-state index contributed by atoms with van der Waals surface area (Å²) in [4.78, 5) is 22.7. The van der Waals surface area contributed by atoms with E-state index in [9.17, 15) is 14.7 Å². The normalized spacial score (nSPS) is 16.7. The summed E-state index contributed by atoms with van der Waals surface area (Å²) >= 11 is 0. The second-order valence-electron chi connectivity index (χ2n) is 4.64. The molecule has 0 saturated heterocycles. The van der Waals surface area contributed by atoms with Gasteiger partial charge in [-0.2, -0.15) is 0 Å². The zero-order valence-electron chi connectivity index (χ0n) is 12.1. The minimum atomic E-state index is -0.802. The number of carbonyl (C=O) groups excluding carboxylic acids is 2. The number of aliphatic hydroxyl groups is 1. The molecule has 0 unspecified atom stereocenters. The first-order valence-corrected chi connectivity index (χ1v) is 7.13. The van der Waals surface area contributed by atoms with Gasteiger partial charge in [0.2, 0.25) is 5.76 Å². The van der Waals surface area contributed by atoms with E-state index < -0.39 is 17.7 Å². The van der Waals surface area contributed by atoms with E-state index in [-0.39, 0.29) is 12.4 Å². The number of carbonyl (C=O) groups is 2. The third kappa shape index (κ3) is 4.72. The minimum Gasteiger partial charge on any atom is -0.502 e. The third-order valence-electron chi connectivity index (χ3n) is 3.05. The Morgan fingerprint density at radius 1 is 1.25 bits per heavy atom. The summed E-state index contributed by atoms with van der Waals surface area (Å²) in [6.45, 7) is 4.08. The topological polar surface area (TPSA) is 72.8 Å². The monoisotopic (exact) mass is 282 g/mol. The van der Waals surface area contributed by atoms with Crippen LogP contribution in [0.15, 0.2) is 23.2 Å². The molecular formula is C15H22O5. The van der Waals surface area contributed by atoms with Gasteiger partial charge in [0.15, 0.2) is 0 Å². The highest BCUT2D eigenvalue weighted by atomic mass is 16.6. The van der Waals surface area contributed by atoms with Crippen LogP contribution in [0.5, 0.6) is 0 Å². The molecule has 5 nitrogen and oxygen atoms in total. The van der Waals surface area contributed by atoms with Gasteiger partial charge in [0.1, 0.15) is 5.76 Å². The predicted octanol–water partition coefficient (Wildman–Crippen LogP) is 3.16. The molecule has 0 bridgehead atoms. The minimum absolute atomic E-state index is 0.112. The lowest BCUT2D eigenvalue weighted by Gasteiger charge is -2.04. The van der Waals surface area contributed by atoms with Crippen LogP contribution in [0.4, 0.5) is 0 Å². The van der Waals surface area contributed by atoms with Crippen LogP contribution in [0.2, 0.25) is 0 Å². The molecule has 0 amide bonds. The molecule has 1 aliphatic heterocycles. The van der Waals surface area contributed by atoms with Crippen molar-refractivity contribution in [2.24, 2.45) is 0 Å². The van der Waals surface area contributed by atoms with Crippen molar-refractivity contribution >= 4 is 11.9 Å². The fourth-order valence-corrected chi connectivity index (χ4v) is 2.00. The van der Waals surface area contributed by atoms with Crippen molar-refractivity contribution in [3.63, 3.8) is 0 Å². The summed E-state index contributed by atoms with van der Waals surface area (Å²) in [5.41, 5.74) is 0.402. The Balaban J connectivity index is 2.62. The zero-order valence-corrected chi connectivity index (χ0v) is 12.1. The molecule has 0 saturated carbocycles. The summed E-state index contributed by atoms with van der Waals surface area (Å²) in [5, 5.41) is 9.69. The van der Waals surface area contributed by atoms with E-state index in [0.717, 1.165) is 31.8 Å². The van der Waals surface area contributed by atoms with Gasteiger partial charge in [0.25, 0.3) is 0 Å². The summed E-state index contributed by atoms with van der Waals surface area (Å²) in [6.07, 6.45) is 6.95. The first kappa shape index (κ1) is 16.3. The maximum atomic E-state index is 11.4. The van der Waals surface area contributed by atoms with Crippen molar-refractivity contribution in [3.8, 4) is 0 Å². The van der Waals surface area contributed by atoms with E-state index >= 15 is 0 Å². The van der Waals surface area contributed by atoms with E-state index in [0.29, 0.717) is 12.0 Å². The van der Waals surface area contributed by atoms with Gasteiger partial charge >= 0.3 is 11.9 Å². The van der Waals surface area contributed by atoms with Crippen LogP contribution >= 0.6 is 0 Å². The molecule has 0 atom stereocenters. The average molecular weight is 282 g/mol. The number of cyclic esters (lactones) is 1. The zero-order chi connectivity index (χ0) is 15.0. The summed E-state index contributed by atoms with van der Waals surface area (Å²) < 4.78 is 9.65. The fraction of sp³-hybridized carbons (Fsp3) is 0.600. The Labute approximate surface area is 119 Å². The second kappa shape index (κ2) is 8.40. The molecule has 1 rings (SSSR count). The lowest BCUT2D eigenvalue weighted by molar-refractivity contribution is -0.137. The van der Waals surface area contributed by atoms with Crippen molar-refractivity contribution in [2.45, 2.75) is 52.4 Å². The second-order valence-corrected chi connectivity index (χ2v) is 4.64. The summed E-state index contributed by atoms with van der Waals surface area (Å²) in [7, 11) is 0. The molecule has 0 aromatic carbocycles. The van der Waals surface area contributed by atoms with Gasteiger partial charge in [-0.05, 0) is 19.8 Å². The van der Waals surface area contributed by atoms with Crippen LogP contribution in [0.3, 0.4) is 0 Å². The highest BCUT2D eigenvalue weighted by Gasteiger charge is 2.29. The highest BCUT2D eigenvalue weighted by molar-refractivity contribution is 5.94. The Hall–Kier alpha value is -1.78. The smallest absolute Gasteiger partial charge is 0.379 e. The SMILES string of the molecule is CCCCCCCC1=C(O)C(=O)O/C1=C\C(=O)OCC. The Bertz CT molecular complexity index is 420. The van der Waals surface area contributed by atoms with E-state index in [2.05, 4.69) is 6.92 Å². The van der Waals surface area contributed by atoms with E-state index in [1.54, 1.807) is 6.92 Å². The Morgan fingerprint density at radius 2 is 1.95 bits per heavy atom. The predicted molar refractivity (Wildman–Crippen MR) is 73.8 cm³/mol. The van der Waals surface area contributed by atoms with Crippen molar-refractivity contribution in [3.05, 3.63) is 23.2 Å². The number of rotatable bonds is 8. The molecule has 1 heterocycles. The highest BCUT2D eigenvalue weighted by Crippen LogP contribution is 2.29. The quantitative estimate of drug-likeness (QED) is 0.420. The van der Waals surface area contributed by atoms with Crippen LogP contribution in [-0.2, 0) is 19.1 Å². The lowest BCUT2D eigenvalue weighted by Crippen LogP contribution is -2.03. The van der Waals surface area contributed by atoms with Crippen molar-refractivity contribution in [1.82, 2.24) is 0 Å². The standard InChI is InChI=1S/C15H22O5/c1-3-5-6-7-8-9-11-12(10-13(16)19-4-2)20-15(18)14(11)17/h10,17H,3-9H2,1-2H3/b12-10-. The number of hydrogen-bond acceptors (Lipinski definition) is 5. The van der Waals surface area contributed by atoms with E-state index in [1.807, 2.05) is 0 Å². The van der Waals surface area contributed by atoms with Gasteiger partial charge in [0, 0.05) is 5.57 Å². The molecule has 112 valence electrons. The van der Waals surface area contributed by atoms with Crippen LogP contribution in [0, 0.1) is 0 Å². The van der Waals surface area contributed by atoms with Gasteiger partial charge in [-0.25, -0.2) is 9.59 Å². The first-order chi connectivity index (χ1) is 9.60. The van der Waals surface area contributed by atoms with Gasteiger partial charge in [0.05, 0.1) is 12.7 Å². The molecule has 0 aromatic heterocycles. The molecule has 1 aliphatic rings. The number of hydrogen-bond donors (Lipinski definition) is 1. The average Bonchev–Trinajstić information content (AvgIpc) is 2.66. The molecule has 0 fully saturated rings. The largest absolute Gasteiger partial charge is 0.502 e. The van der Waals surface area contributed by atoms with Crippen molar-refractivity contribution in [1.29, 1.82) is 0 Å². The van der Waals surface area contributed by atoms with Gasteiger partial charge in [-0.1, -0.05) is 32.6 Å². The molecule has 1 N–H and O–H groups in total. The van der Waals surface area contributed by atoms with Crippen molar-refractivity contribution < 1.29 is 24.2 Å². The maximum Gasteiger partial charge on any atom is 0.379 e. The number of esters is 2. The number of allylic oxidation sites excluding steroid dienone is 1. The van der Waals surface area contributed by atoms with Gasteiger partial charge in [-0.15, -0.1) is 0 Å². The van der Waals surface area contributed by atoms with Crippen molar-refractivity contribution in [2.75, 3.05) is 6.61 Å². The number of aliphatic hydroxyl groups excluding tert-OH is 1. The molecule has 0 radical (unpaired) electrons. The molecule has 5 heteroatoms. The molecule has 0 aliphatic carbocycles. The fourth-order valence-electron chi connectivity index (χ4n) is 2.00.